The first-order valence-corrected chi connectivity index (χ1v) is 8.67. The number of nitrogens with one attached hydrogen (secondary N) is 3. The summed E-state index contributed by atoms with van der Waals surface area (Å²) in [6.45, 7) is 5.78. The van der Waals surface area contributed by atoms with E-state index in [1.54, 1.807) is 0 Å². The van der Waals surface area contributed by atoms with Crippen LogP contribution in [0, 0.1) is 0 Å². The maximum absolute atomic E-state index is 5.39. The number of ether oxygens (including phenoxy) is 1. The molecule has 4 rings (SSSR count). The summed E-state index contributed by atoms with van der Waals surface area (Å²) in [6, 6.07) is 6.55. The minimum Gasteiger partial charge on any atom is -0.384 e. The molecular weight excluding hydrogens is 371 g/mol. The number of hydrogen-bond acceptors (Lipinski definition) is 5. The van der Waals surface area contributed by atoms with Crippen molar-refractivity contribution in [2.24, 2.45) is 0 Å². The summed E-state index contributed by atoms with van der Waals surface area (Å²) in [5, 5.41) is 3.53. The summed E-state index contributed by atoms with van der Waals surface area (Å²) in [5.74, 6) is 0. The Kier molecular flexibility index (Phi) is 7.85. The molecule has 0 atom stereocenters. The van der Waals surface area contributed by atoms with E-state index >= 15 is 0 Å². The number of hydrogen-bond donors (Lipinski definition) is 3. The lowest BCUT2D eigenvalue weighted by Crippen LogP contribution is -2.39. The molecule has 2 heterocycles. The molecule has 0 saturated carbocycles. The van der Waals surface area contributed by atoms with Crippen LogP contribution in [-0.4, -0.2) is 44.3 Å². The summed E-state index contributed by atoms with van der Waals surface area (Å²) in [7, 11) is 0. The molecule has 3 N–H and O–H groups in total. The predicted molar refractivity (Wildman–Crippen MR) is 113 cm³/mol. The summed E-state index contributed by atoms with van der Waals surface area (Å²) in [5.41, 5.74) is 12.7. The van der Waals surface area contributed by atoms with Gasteiger partial charge >= 0.3 is 0 Å². The van der Waals surface area contributed by atoms with Crippen molar-refractivity contribution in [1.29, 1.82) is 0 Å². The molecule has 1 aromatic carbocycles. The van der Waals surface area contributed by atoms with Gasteiger partial charge in [-0.05, 0) is 12.1 Å². The van der Waals surface area contributed by atoms with Crippen LogP contribution in [0.25, 0.3) is 5.57 Å². The number of anilines is 2. The van der Waals surface area contributed by atoms with Crippen molar-refractivity contribution < 1.29 is 4.74 Å². The van der Waals surface area contributed by atoms with E-state index in [4.69, 9.17) is 4.74 Å². The third kappa shape index (κ3) is 4.74. The number of benzene rings is 1. The van der Waals surface area contributed by atoms with Gasteiger partial charge in [0, 0.05) is 55.1 Å². The first kappa shape index (κ1) is 20.6. The Morgan fingerprint density at radius 1 is 1.08 bits per heavy atom. The lowest BCUT2D eigenvalue weighted by atomic mass is 9.98. The lowest BCUT2D eigenvalue weighted by Gasteiger charge is -2.27. The fraction of sp³-hybridized carbons (Fsp3) is 0.368. The van der Waals surface area contributed by atoms with E-state index in [0.29, 0.717) is 0 Å². The van der Waals surface area contributed by atoms with Gasteiger partial charge in [-0.3, -0.25) is 4.90 Å². The lowest BCUT2D eigenvalue weighted by molar-refractivity contribution is 0.0398. The van der Waals surface area contributed by atoms with Crippen LogP contribution in [0.5, 0.6) is 0 Å². The number of halogens is 2. The number of fused-ring (bicyclic) bond motifs is 2. The molecule has 0 amide bonds. The standard InChI is InChI=1S/C19H24N4O.2ClH/c1-2-4-16-17-7-6-15(14-19(17)22-21-18(16)5-3-1)20-8-9-23-10-12-24-13-11-23;;/h1-4,6-7,14,20-22H,5,8-13H2;2*1H. The van der Waals surface area contributed by atoms with Gasteiger partial charge in [-0.1, -0.05) is 30.4 Å². The van der Waals surface area contributed by atoms with E-state index in [1.807, 2.05) is 0 Å². The molecule has 0 bridgehead atoms. The van der Waals surface area contributed by atoms with Gasteiger partial charge in [0.2, 0.25) is 0 Å². The normalized spacial score (nSPS) is 18.3. The van der Waals surface area contributed by atoms with Gasteiger partial charge in [-0.2, -0.15) is 0 Å². The Labute approximate surface area is 167 Å². The zero-order chi connectivity index (χ0) is 16.2. The topological polar surface area (TPSA) is 48.6 Å². The Morgan fingerprint density at radius 3 is 2.77 bits per heavy atom. The van der Waals surface area contributed by atoms with Crippen LogP contribution in [0.2, 0.25) is 0 Å². The van der Waals surface area contributed by atoms with E-state index in [9.17, 15) is 0 Å². The van der Waals surface area contributed by atoms with E-state index in [2.05, 4.69) is 63.6 Å². The van der Waals surface area contributed by atoms with E-state index in [-0.39, 0.29) is 24.8 Å². The molecule has 0 spiro atoms. The number of allylic oxidation sites excluding steroid dienone is 5. The highest BCUT2D eigenvalue weighted by molar-refractivity contribution is 5.88. The van der Waals surface area contributed by atoms with Crippen LogP contribution in [0.15, 0.2) is 48.2 Å². The van der Waals surface area contributed by atoms with Crippen LogP contribution in [-0.2, 0) is 4.74 Å². The van der Waals surface area contributed by atoms with Crippen LogP contribution in [0.3, 0.4) is 0 Å². The summed E-state index contributed by atoms with van der Waals surface area (Å²) in [4.78, 5) is 2.44. The third-order valence-corrected chi connectivity index (χ3v) is 4.68. The second-order valence-electron chi connectivity index (χ2n) is 6.27. The zero-order valence-electron chi connectivity index (χ0n) is 14.7. The van der Waals surface area contributed by atoms with Gasteiger partial charge in [-0.15, -0.1) is 24.8 Å². The molecule has 5 nitrogen and oxygen atoms in total. The molecule has 0 unspecified atom stereocenters. The maximum Gasteiger partial charge on any atom is 0.0639 e. The van der Waals surface area contributed by atoms with Crippen LogP contribution < -0.4 is 16.2 Å². The first-order chi connectivity index (χ1) is 11.9. The Hall–Kier alpha value is -1.66. The SMILES string of the molecule is C1=CCC2=C(C=C1)c1ccc(NCCN3CCOCC3)cc1NN2.Cl.Cl. The fourth-order valence-electron chi connectivity index (χ4n) is 3.32. The van der Waals surface area contributed by atoms with Crippen LogP contribution in [0.1, 0.15) is 12.0 Å². The highest BCUT2D eigenvalue weighted by Gasteiger charge is 2.17. The molecule has 1 aliphatic carbocycles. The molecule has 142 valence electrons. The van der Waals surface area contributed by atoms with Crippen molar-refractivity contribution in [3.63, 3.8) is 0 Å². The average Bonchev–Trinajstić information content (AvgIpc) is 2.88. The highest BCUT2D eigenvalue weighted by Crippen LogP contribution is 2.34. The van der Waals surface area contributed by atoms with Crippen molar-refractivity contribution in [3.05, 3.63) is 53.8 Å². The summed E-state index contributed by atoms with van der Waals surface area (Å²) >= 11 is 0. The Morgan fingerprint density at radius 2 is 1.92 bits per heavy atom. The smallest absolute Gasteiger partial charge is 0.0639 e. The number of hydrazine groups is 1. The van der Waals surface area contributed by atoms with Gasteiger partial charge in [0.05, 0.1) is 18.9 Å². The van der Waals surface area contributed by atoms with Gasteiger partial charge in [0.1, 0.15) is 0 Å². The second-order valence-corrected chi connectivity index (χ2v) is 6.27. The van der Waals surface area contributed by atoms with Crippen LogP contribution >= 0.6 is 24.8 Å². The van der Waals surface area contributed by atoms with Gasteiger partial charge in [0.15, 0.2) is 0 Å². The number of nitrogens with zero attached hydrogens (tertiary/aromatic N) is 1. The zero-order valence-corrected chi connectivity index (χ0v) is 16.3. The van der Waals surface area contributed by atoms with E-state index in [1.165, 1.54) is 16.8 Å². The molecule has 1 aromatic rings. The summed E-state index contributed by atoms with van der Waals surface area (Å²) < 4.78 is 5.39. The summed E-state index contributed by atoms with van der Waals surface area (Å²) in [6.07, 6.45) is 9.47. The predicted octanol–water partition coefficient (Wildman–Crippen LogP) is 3.43. The molecule has 2 aliphatic heterocycles. The molecule has 0 aromatic heterocycles. The third-order valence-electron chi connectivity index (χ3n) is 4.68. The second kappa shape index (κ2) is 9.88. The molecule has 3 aliphatic rings. The number of morpholine rings is 1. The van der Waals surface area contributed by atoms with Crippen molar-refractivity contribution in [2.45, 2.75) is 6.42 Å². The van der Waals surface area contributed by atoms with E-state index in [0.717, 1.165) is 57.2 Å². The minimum atomic E-state index is 0. The van der Waals surface area contributed by atoms with E-state index < -0.39 is 0 Å². The van der Waals surface area contributed by atoms with Crippen LogP contribution in [0.4, 0.5) is 11.4 Å². The van der Waals surface area contributed by atoms with Gasteiger partial charge < -0.3 is 20.9 Å². The highest BCUT2D eigenvalue weighted by atomic mass is 35.5. The molecule has 1 fully saturated rings. The molecule has 7 heteroatoms. The van der Waals surface area contributed by atoms with Gasteiger partial charge in [-0.25, -0.2) is 0 Å². The Bertz CT molecular complexity index is 697. The monoisotopic (exact) mass is 396 g/mol. The molecular formula is C19H26Cl2N4O. The minimum absolute atomic E-state index is 0. The van der Waals surface area contributed by atoms with Crippen molar-refractivity contribution in [2.75, 3.05) is 50.1 Å². The fourth-order valence-corrected chi connectivity index (χ4v) is 3.32. The molecule has 26 heavy (non-hydrogen) atoms. The average molecular weight is 397 g/mol. The number of rotatable bonds is 4. The first-order valence-electron chi connectivity index (χ1n) is 8.67. The maximum atomic E-state index is 5.39. The quantitative estimate of drug-likeness (QED) is 0.727. The van der Waals surface area contributed by atoms with Crippen molar-refractivity contribution in [1.82, 2.24) is 10.3 Å². The van der Waals surface area contributed by atoms with Gasteiger partial charge in [0.25, 0.3) is 0 Å². The largest absolute Gasteiger partial charge is 0.384 e. The van der Waals surface area contributed by atoms with Crippen molar-refractivity contribution in [3.8, 4) is 0 Å². The molecule has 1 saturated heterocycles. The molecule has 0 radical (unpaired) electrons. The van der Waals surface area contributed by atoms with Crippen molar-refractivity contribution >= 4 is 41.8 Å². The Balaban J connectivity index is 0.00000121.